The molecule has 1 aliphatic rings. The number of aryl methyl sites for hydroxylation is 2. The molecule has 1 aliphatic carbocycles. The minimum absolute atomic E-state index is 0.0697. The van der Waals surface area contributed by atoms with Crippen molar-refractivity contribution in [1.29, 1.82) is 0 Å². The first-order valence-electron chi connectivity index (χ1n) is 7.10. The number of hydrogen-bond donors (Lipinski definition) is 0. The van der Waals surface area contributed by atoms with E-state index in [1.165, 1.54) is 23.8 Å². The molecule has 4 heteroatoms. The molecule has 0 unspecified atom stereocenters. The summed E-state index contributed by atoms with van der Waals surface area (Å²) in [5.74, 6) is 1.39. The van der Waals surface area contributed by atoms with Crippen LogP contribution in [0.1, 0.15) is 31.1 Å². The van der Waals surface area contributed by atoms with Gasteiger partial charge < -0.3 is 13.9 Å². The Bertz CT molecular complexity index is 627. The Morgan fingerprint density at radius 1 is 1.30 bits per heavy atom. The highest BCUT2D eigenvalue weighted by Crippen LogP contribution is 2.33. The van der Waals surface area contributed by atoms with Gasteiger partial charge in [0.2, 0.25) is 0 Å². The lowest BCUT2D eigenvalue weighted by Crippen LogP contribution is -2.14. The SMILES string of the molecule is CCOC(=O)COc1ccc2c3c(oc2c1)CCCC3. The quantitative estimate of drug-likeness (QED) is 0.803. The molecule has 106 valence electrons. The molecule has 1 aromatic heterocycles. The van der Waals surface area contributed by atoms with Gasteiger partial charge in [0, 0.05) is 23.4 Å². The summed E-state index contributed by atoms with van der Waals surface area (Å²) in [5, 5.41) is 1.17. The van der Waals surface area contributed by atoms with Crippen LogP contribution in [0.25, 0.3) is 11.0 Å². The summed E-state index contributed by atoms with van der Waals surface area (Å²) in [7, 11) is 0. The van der Waals surface area contributed by atoms with E-state index < -0.39 is 0 Å². The first-order chi connectivity index (χ1) is 9.78. The number of furan rings is 1. The molecule has 0 atom stereocenters. The van der Waals surface area contributed by atoms with Crippen LogP contribution < -0.4 is 4.74 Å². The van der Waals surface area contributed by atoms with Gasteiger partial charge in [-0.05, 0) is 38.3 Å². The Morgan fingerprint density at radius 3 is 3.00 bits per heavy atom. The molecule has 0 radical (unpaired) electrons. The molecule has 2 aromatic rings. The van der Waals surface area contributed by atoms with Gasteiger partial charge in [-0.2, -0.15) is 0 Å². The summed E-state index contributed by atoms with van der Waals surface area (Å²) in [4.78, 5) is 11.3. The average molecular weight is 274 g/mol. The molecule has 0 fully saturated rings. The molecule has 0 amide bonds. The largest absolute Gasteiger partial charge is 0.482 e. The van der Waals surface area contributed by atoms with E-state index >= 15 is 0 Å². The van der Waals surface area contributed by atoms with Crippen LogP contribution in [0.15, 0.2) is 22.6 Å². The van der Waals surface area contributed by atoms with Gasteiger partial charge in [0.05, 0.1) is 6.61 Å². The van der Waals surface area contributed by atoms with Gasteiger partial charge in [-0.15, -0.1) is 0 Å². The zero-order valence-corrected chi connectivity index (χ0v) is 11.6. The summed E-state index contributed by atoms with van der Waals surface area (Å²) in [5.41, 5.74) is 2.18. The Morgan fingerprint density at radius 2 is 2.15 bits per heavy atom. The Labute approximate surface area is 117 Å². The molecular weight excluding hydrogens is 256 g/mol. The number of hydrogen-bond acceptors (Lipinski definition) is 4. The number of carbonyl (C=O) groups is 1. The van der Waals surface area contributed by atoms with Gasteiger partial charge in [0.15, 0.2) is 6.61 Å². The first-order valence-corrected chi connectivity index (χ1v) is 7.10. The molecule has 0 saturated heterocycles. The molecule has 1 heterocycles. The predicted molar refractivity (Wildman–Crippen MR) is 75.0 cm³/mol. The molecule has 3 rings (SSSR count). The van der Waals surface area contributed by atoms with Crippen molar-refractivity contribution in [2.75, 3.05) is 13.2 Å². The van der Waals surface area contributed by atoms with Crippen LogP contribution in [0, 0.1) is 0 Å². The van der Waals surface area contributed by atoms with Gasteiger partial charge in [-0.1, -0.05) is 0 Å². The number of rotatable bonds is 4. The summed E-state index contributed by atoms with van der Waals surface area (Å²) >= 11 is 0. The second-order valence-electron chi connectivity index (χ2n) is 4.96. The van der Waals surface area contributed by atoms with Crippen LogP contribution in [0.3, 0.4) is 0 Å². The van der Waals surface area contributed by atoms with Crippen molar-refractivity contribution < 1.29 is 18.7 Å². The van der Waals surface area contributed by atoms with Gasteiger partial charge in [-0.3, -0.25) is 0 Å². The Hall–Kier alpha value is -1.97. The summed E-state index contributed by atoms with van der Waals surface area (Å²) in [6, 6.07) is 5.75. The van der Waals surface area contributed by atoms with Crippen molar-refractivity contribution >= 4 is 16.9 Å². The third-order valence-electron chi connectivity index (χ3n) is 3.59. The molecule has 0 bridgehead atoms. The monoisotopic (exact) mass is 274 g/mol. The molecule has 0 saturated carbocycles. The predicted octanol–water partition coefficient (Wildman–Crippen LogP) is 3.25. The third-order valence-corrected chi connectivity index (χ3v) is 3.59. The molecule has 0 N–H and O–H groups in total. The smallest absolute Gasteiger partial charge is 0.344 e. The number of fused-ring (bicyclic) bond motifs is 3. The van der Waals surface area contributed by atoms with E-state index in [9.17, 15) is 4.79 Å². The number of ether oxygens (including phenoxy) is 2. The fourth-order valence-corrected chi connectivity index (χ4v) is 2.68. The molecule has 20 heavy (non-hydrogen) atoms. The molecular formula is C16H18O4. The van der Waals surface area contributed by atoms with Gasteiger partial charge in [0.1, 0.15) is 17.1 Å². The van der Waals surface area contributed by atoms with Crippen LogP contribution in [-0.4, -0.2) is 19.2 Å². The maximum absolute atomic E-state index is 11.3. The zero-order chi connectivity index (χ0) is 13.9. The van der Waals surface area contributed by atoms with Crippen molar-refractivity contribution in [3.8, 4) is 5.75 Å². The van der Waals surface area contributed by atoms with Crippen LogP contribution in [0.5, 0.6) is 5.75 Å². The zero-order valence-electron chi connectivity index (χ0n) is 11.6. The fourth-order valence-electron chi connectivity index (χ4n) is 2.68. The standard InChI is InChI=1S/C16H18O4/c1-2-18-16(17)10-19-11-7-8-13-12-5-3-4-6-14(12)20-15(13)9-11/h7-9H,2-6,10H2,1H3. The van der Waals surface area contributed by atoms with Crippen LogP contribution >= 0.6 is 0 Å². The summed E-state index contributed by atoms with van der Waals surface area (Å²) in [6.45, 7) is 2.07. The van der Waals surface area contributed by atoms with E-state index in [0.29, 0.717) is 12.4 Å². The van der Waals surface area contributed by atoms with E-state index in [4.69, 9.17) is 13.9 Å². The number of esters is 1. The molecule has 0 aliphatic heterocycles. The van der Waals surface area contributed by atoms with Crippen molar-refractivity contribution in [2.24, 2.45) is 0 Å². The average Bonchev–Trinajstić information content (AvgIpc) is 2.83. The first kappa shape index (κ1) is 13.0. The van der Waals surface area contributed by atoms with Crippen molar-refractivity contribution in [3.05, 3.63) is 29.5 Å². The summed E-state index contributed by atoms with van der Waals surface area (Å²) < 4.78 is 16.1. The van der Waals surface area contributed by atoms with E-state index in [-0.39, 0.29) is 12.6 Å². The van der Waals surface area contributed by atoms with E-state index in [2.05, 4.69) is 0 Å². The fraction of sp³-hybridized carbons (Fsp3) is 0.438. The normalized spacial score (nSPS) is 14.1. The Balaban J connectivity index is 1.79. The van der Waals surface area contributed by atoms with E-state index in [1.54, 1.807) is 6.92 Å². The van der Waals surface area contributed by atoms with Crippen LogP contribution in [0.2, 0.25) is 0 Å². The lowest BCUT2D eigenvalue weighted by molar-refractivity contribution is -0.145. The lowest BCUT2D eigenvalue weighted by Gasteiger charge is -2.08. The van der Waals surface area contributed by atoms with Crippen molar-refractivity contribution in [2.45, 2.75) is 32.6 Å². The van der Waals surface area contributed by atoms with Gasteiger partial charge >= 0.3 is 5.97 Å². The molecule has 0 spiro atoms. The Kier molecular flexibility index (Phi) is 3.63. The highest BCUT2D eigenvalue weighted by molar-refractivity contribution is 5.84. The van der Waals surface area contributed by atoms with Crippen LogP contribution in [-0.2, 0) is 22.4 Å². The second kappa shape index (κ2) is 5.57. The highest BCUT2D eigenvalue weighted by atomic mass is 16.6. The maximum Gasteiger partial charge on any atom is 0.344 e. The van der Waals surface area contributed by atoms with Gasteiger partial charge in [0.25, 0.3) is 0 Å². The molecule has 4 nitrogen and oxygen atoms in total. The molecule has 1 aromatic carbocycles. The topological polar surface area (TPSA) is 48.7 Å². The minimum atomic E-state index is -0.355. The van der Waals surface area contributed by atoms with Crippen LogP contribution in [0.4, 0.5) is 0 Å². The lowest BCUT2D eigenvalue weighted by atomic mass is 9.96. The van der Waals surface area contributed by atoms with Crippen molar-refractivity contribution in [1.82, 2.24) is 0 Å². The summed E-state index contributed by atoms with van der Waals surface area (Å²) in [6.07, 6.45) is 4.52. The van der Waals surface area contributed by atoms with Gasteiger partial charge in [-0.25, -0.2) is 4.79 Å². The third kappa shape index (κ3) is 2.50. The minimum Gasteiger partial charge on any atom is -0.482 e. The second-order valence-corrected chi connectivity index (χ2v) is 4.96. The maximum atomic E-state index is 11.3. The number of benzene rings is 1. The van der Waals surface area contributed by atoms with Crippen molar-refractivity contribution in [3.63, 3.8) is 0 Å². The van der Waals surface area contributed by atoms with E-state index in [1.807, 2.05) is 18.2 Å². The number of carbonyl (C=O) groups excluding carboxylic acids is 1. The van der Waals surface area contributed by atoms with E-state index in [0.717, 1.165) is 24.2 Å². The highest BCUT2D eigenvalue weighted by Gasteiger charge is 2.18.